The second-order valence-corrected chi connectivity index (χ2v) is 6.90. The van der Waals surface area contributed by atoms with Crippen molar-refractivity contribution in [1.82, 2.24) is 10.2 Å². The van der Waals surface area contributed by atoms with Crippen LogP contribution in [0.15, 0.2) is 72.8 Å². The fourth-order valence-electron chi connectivity index (χ4n) is 3.21. The van der Waals surface area contributed by atoms with Crippen LogP contribution in [0.1, 0.15) is 11.1 Å². The predicted molar refractivity (Wildman–Crippen MR) is 115 cm³/mol. The predicted octanol–water partition coefficient (Wildman–Crippen LogP) is 5.31. The number of ether oxygens (including phenoxy) is 2. The number of alkyl halides is 2. The van der Waals surface area contributed by atoms with Gasteiger partial charge in [0.2, 0.25) is 0 Å². The van der Waals surface area contributed by atoms with Crippen molar-refractivity contribution in [2.45, 2.75) is 19.7 Å². The molecule has 0 aliphatic rings. The van der Waals surface area contributed by atoms with E-state index in [1.807, 2.05) is 54.6 Å². The molecule has 0 saturated heterocycles. The maximum Gasteiger partial charge on any atom is 0.387 e. The minimum atomic E-state index is -2.94. The number of rotatable bonds is 8. The first-order chi connectivity index (χ1) is 15.0. The van der Waals surface area contributed by atoms with Gasteiger partial charge in [-0.05, 0) is 34.4 Å². The Labute approximate surface area is 180 Å². The number of carbonyl (C=O) groups is 1. The first-order valence-electron chi connectivity index (χ1n) is 9.72. The van der Waals surface area contributed by atoms with Crippen LogP contribution in [0.2, 0.25) is 0 Å². The Bertz CT molecular complexity index is 1010. The number of hydrogen-bond acceptors (Lipinski definition) is 3. The van der Waals surface area contributed by atoms with Gasteiger partial charge in [0.15, 0.2) is 11.5 Å². The molecule has 5 nitrogen and oxygen atoms in total. The third-order valence-corrected chi connectivity index (χ3v) is 4.74. The van der Waals surface area contributed by atoms with Crippen molar-refractivity contribution in [3.63, 3.8) is 0 Å². The largest absolute Gasteiger partial charge is 0.493 e. The maximum atomic E-state index is 12.6. The Morgan fingerprint density at radius 1 is 1.00 bits per heavy atom. The van der Waals surface area contributed by atoms with E-state index < -0.39 is 6.61 Å². The van der Waals surface area contributed by atoms with Gasteiger partial charge in [0.05, 0.1) is 7.11 Å². The lowest BCUT2D eigenvalue weighted by molar-refractivity contribution is -0.0512. The van der Waals surface area contributed by atoms with E-state index in [4.69, 9.17) is 4.74 Å². The number of urea groups is 1. The summed E-state index contributed by atoms with van der Waals surface area (Å²) in [6.07, 6.45) is 0. The summed E-state index contributed by atoms with van der Waals surface area (Å²) in [5.74, 6) is 0.124. The molecule has 0 atom stereocenters. The molecule has 162 valence electrons. The van der Waals surface area contributed by atoms with Crippen molar-refractivity contribution in [1.29, 1.82) is 0 Å². The smallest absolute Gasteiger partial charge is 0.387 e. The lowest BCUT2D eigenvalue weighted by Gasteiger charge is -2.20. The molecule has 0 radical (unpaired) electrons. The first kappa shape index (κ1) is 22.1. The van der Waals surface area contributed by atoms with Crippen molar-refractivity contribution in [2.24, 2.45) is 0 Å². The number of methoxy groups -OCH3 is 1. The highest BCUT2D eigenvalue weighted by Gasteiger charge is 2.14. The number of nitrogens with one attached hydrogen (secondary N) is 1. The molecular weight excluding hydrogens is 402 g/mol. The molecule has 31 heavy (non-hydrogen) atoms. The summed E-state index contributed by atoms with van der Waals surface area (Å²) in [5, 5.41) is 2.83. The van der Waals surface area contributed by atoms with Crippen molar-refractivity contribution in [2.75, 3.05) is 14.2 Å². The van der Waals surface area contributed by atoms with Gasteiger partial charge in [-0.15, -0.1) is 0 Å². The summed E-state index contributed by atoms with van der Waals surface area (Å²) < 4.78 is 34.4. The van der Waals surface area contributed by atoms with Crippen LogP contribution in [0, 0.1) is 0 Å². The summed E-state index contributed by atoms with van der Waals surface area (Å²) in [6, 6.07) is 22.3. The highest BCUT2D eigenvalue weighted by Crippen LogP contribution is 2.29. The van der Waals surface area contributed by atoms with Crippen LogP contribution in [-0.2, 0) is 13.1 Å². The average molecular weight is 426 g/mol. The van der Waals surface area contributed by atoms with Gasteiger partial charge in [-0.1, -0.05) is 60.7 Å². The molecule has 0 spiro atoms. The van der Waals surface area contributed by atoms with E-state index in [9.17, 15) is 13.6 Å². The molecule has 0 heterocycles. The molecule has 0 bridgehead atoms. The summed E-state index contributed by atoms with van der Waals surface area (Å²) in [4.78, 5) is 14.2. The third-order valence-electron chi connectivity index (χ3n) is 4.74. The van der Waals surface area contributed by atoms with E-state index in [-0.39, 0.29) is 24.1 Å². The normalized spacial score (nSPS) is 10.6. The minimum Gasteiger partial charge on any atom is -0.493 e. The molecule has 0 aliphatic heterocycles. The van der Waals surface area contributed by atoms with E-state index in [1.165, 1.54) is 13.2 Å². The van der Waals surface area contributed by atoms with Crippen LogP contribution in [0.5, 0.6) is 11.5 Å². The monoisotopic (exact) mass is 426 g/mol. The molecule has 7 heteroatoms. The zero-order valence-electron chi connectivity index (χ0n) is 17.3. The highest BCUT2D eigenvalue weighted by molar-refractivity contribution is 5.75. The van der Waals surface area contributed by atoms with Gasteiger partial charge >= 0.3 is 12.6 Å². The summed E-state index contributed by atoms with van der Waals surface area (Å²) in [6.45, 7) is -2.29. The lowest BCUT2D eigenvalue weighted by Crippen LogP contribution is -2.36. The van der Waals surface area contributed by atoms with Gasteiger partial charge < -0.3 is 19.7 Å². The first-order valence-corrected chi connectivity index (χ1v) is 9.72. The van der Waals surface area contributed by atoms with Gasteiger partial charge in [-0.25, -0.2) is 4.79 Å². The van der Waals surface area contributed by atoms with Gasteiger partial charge in [0, 0.05) is 20.1 Å². The van der Waals surface area contributed by atoms with Crippen molar-refractivity contribution >= 4 is 6.03 Å². The van der Waals surface area contributed by atoms with Gasteiger partial charge in [-0.3, -0.25) is 0 Å². The Kier molecular flexibility index (Phi) is 7.43. The van der Waals surface area contributed by atoms with Crippen molar-refractivity contribution in [3.8, 4) is 22.6 Å². The van der Waals surface area contributed by atoms with E-state index in [1.54, 1.807) is 24.1 Å². The summed E-state index contributed by atoms with van der Waals surface area (Å²) >= 11 is 0. The van der Waals surface area contributed by atoms with E-state index in [0.717, 1.165) is 16.7 Å². The van der Waals surface area contributed by atoms with Gasteiger partial charge in [0.25, 0.3) is 0 Å². The zero-order chi connectivity index (χ0) is 22.2. The molecular formula is C24H24F2N2O3. The number of nitrogens with zero attached hydrogens (tertiary/aromatic N) is 1. The SMILES string of the molecule is COc1cc(CNC(=O)N(C)Cc2ccccc2-c2ccccc2)ccc1OC(F)F. The molecule has 0 aromatic heterocycles. The zero-order valence-corrected chi connectivity index (χ0v) is 17.3. The fraction of sp³-hybridized carbons (Fsp3) is 0.208. The van der Waals surface area contributed by atoms with E-state index in [0.29, 0.717) is 12.1 Å². The average Bonchev–Trinajstić information content (AvgIpc) is 2.78. The van der Waals surface area contributed by atoms with Crippen LogP contribution in [0.3, 0.4) is 0 Å². The summed E-state index contributed by atoms with van der Waals surface area (Å²) in [7, 11) is 3.09. The Balaban J connectivity index is 1.63. The quantitative estimate of drug-likeness (QED) is 0.531. The molecule has 0 fully saturated rings. The van der Waals surface area contributed by atoms with Crippen molar-refractivity contribution in [3.05, 3.63) is 83.9 Å². The standard InChI is InChI=1S/C24H24F2N2O3/c1-28(16-19-10-6-7-11-20(19)18-8-4-3-5-9-18)24(29)27-15-17-12-13-21(31-23(25)26)22(14-17)30-2/h3-14,23H,15-16H2,1-2H3,(H,27,29). The Morgan fingerprint density at radius 2 is 1.71 bits per heavy atom. The van der Waals surface area contributed by atoms with Gasteiger partial charge in [0.1, 0.15) is 0 Å². The Morgan fingerprint density at radius 3 is 2.42 bits per heavy atom. The minimum absolute atomic E-state index is 0.0535. The van der Waals surface area contributed by atoms with Gasteiger partial charge in [-0.2, -0.15) is 8.78 Å². The molecule has 0 saturated carbocycles. The molecule has 3 aromatic carbocycles. The lowest BCUT2D eigenvalue weighted by atomic mass is 9.99. The number of halogens is 2. The number of amides is 2. The molecule has 0 unspecified atom stereocenters. The number of carbonyl (C=O) groups excluding carboxylic acids is 1. The number of benzene rings is 3. The fourth-order valence-corrected chi connectivity index (χ4v) is 3.21. The van der Waals surface area contributed by atoms with Crippen LogP contribution in [0.25, 0.3) is 11.1 Å². The number of hydrogen-bond donors (Lipinski definition) is 1. The van der Waals surface area contributed by atoms with Crippen LogP contribution >= 0.6 is 0 Å². The molecule has 2 amide bonds. The molecule has 3 aromatic rings. The summed E-state index contributed by atoms with van der Waals surface area (Å²) in [5.41, 5.74) is 3.89. The molecule has 3 rings (SSSR count). The van der Waals surface area contributed by atoms with Crippen molar-refractivity contribution < 1.29 is 23.0 Å². The van der Waals surface area contributed by atoms with E-state index >= 15 is 0 Å². The van der Waals surface area contributed by atoms with Crippen LogP contribution in [0.4, 0.5) is 13.6 Å². The van der Waals surface area contributed by atoms with E-state index in [2.05, 4.69) is 10.1 Å². The molecule has 1 N–H and O–H groups in total. The third kappa shape index (κ3) is 5.94. The maximum absolute atomic E-state index is 12.6. The Hall–Kier alpha value is -3.61. The van der Waals surface area contributed by atoms with Crippen LogP contribution in [-0.4, -0.2) is 31.7 Å². The van der Waals surface area contributed by atoms with Crippen LogP contribution < -0.4 is 14.8 Å². The molecule has 0 aliphatic carbocycles. The topological polar surface area (TPSA) is 50.8 Å². The second-order valence-electron chi connectivity index (χ2n) is 6.90. The second kappa shape index (κ2) is 10.4. The highest BCUT2D eigenvalue weighted by atomic mass is 19.3.